The molecular weight excluding hydrogens is 334 g/mol. The van der Waals surface area contributed by atoms with Gasteiger partial charge >= 0.3 is 0 Å². The van der Waals surface area contributed by atoms with Gasteiger partial charge in [-0.15, -0.1) is 0 Å². The van der Waals surface area contributed by atoms with Crippen molar-refractivity contribution in [3.8, 4) is 0 Å². The number of hydrogen-bond acceptors (Lipinski definition) is 5. The van der Waals surface area contributed by atoms with Gasteiger partial charge in [-0.3, -0.25) is 14.5 Å². The van der Waals surface area contributed by atoms with E-state index in [-0.39, 0.29) is 24.3 Å². The van der Waals surface area contributed by atoms with Gasteiger partial charge in [0.2, 0.25) is 5.91 Å². The quantitative estimate of drug-likeness (QED) is 0.778. The van der Waals surface area contributed by atoms with Crippen molar-refractivity contribution in [1.29, 1.82) is 0 Å². The molecule has 138 valence electrons. The van der Waals surface area contributed by atoms with Crippen molar-refractivity contribution < 1.29 is 18.7 Å². The zero-order valence-corrected chi connectivity index (χ0v) is 14.5. The van der Waals surface area contributed by atoms with Gasteiger partial charge in [0.05, 0.1) is 32.1 Å². The molecule has 26 heavy (non-hydrogen) atoms. The van der Waals surface area contributed by atoms with E-state index in [2.05, 4.69) is 15.5 Å². The minimum Gasteiger partial charge on any atom is -0.459 e. The van der Waals surface area contributed by atoms with Gasteiger partial charge in [0.25, 0.3) is 5.91 Å². The molecule has 1 atom stereocenters. The highest BCUT2D eigenvalue weighted by atomic mass is 16.5. The van der Waals surface area contributed by atoms with Crippen molar-refractivity contribution in [2.45, 2.75) is 6.04 Å². The predicted molar refractivity (Wildman–Crippen MR) is 95.6 cm³/mol. The largest absolute Gasteiger partial charge is 0.459 e. The normalized spacial score (nSPS) is 16.0. The van der Waals surface area contributed by atoms with Crippen LogP contribution in [0.3, 0.4) is 0 Å². The van der Waals surface area contributed by atoms with E-state index in [0.29, 0.717) is 19.8 Å². The Labute approximate surface area is 152 Å². The second-order valence-corrected chi connectivity index (χ2v) is 6.10. The van der Waals surface area contributed by atoms with Gasteiger partial charge in [0.15, 0.2) is 5.76 Å². The van der Waals surface area contributed by atoms with E-state index in [1.807, 2.05) is 30.3 Å². The van der Waals surface area contributed by atoms with E-state index in [1.165, 1.54) is 6.26 Å². The summed E-state index contributed by atoms with van der Waals surface area (Å²) in [6.07, 6.45) is 1.42. The zero-order chi connectivity index (χ0) is 18.2. The lowest BCUT2D eigenvalue weighted by molar-refractivity contribution is -0.121. The summed E-state index contributed by atoms with van der Waals surface area (Å²) in [6.45, 7) is 3.68. The molecule has 3 rings (SSSR count). The number of furan rings is 1. The van der Waals surface area contributed by atoms with Crippen LogP contribution in [0, 0.1) is 0 Å². The summed E-state index contributed by atoms with van der Waals surface area (Å²) in [5.41, 5.74) is 1.03. The third kappa shape index (κ3) is 5.18. The summed E-state index contributed by atoms with van der Waals surface area (Å²) in [4.78, 5) is 26.5. The Morgan fingerprint density at radius 3 is 2.54 bits per heavy atom. The minimum atomic E-state index is -0.408. The Kier molecular flexibility index (Phi) is 6.40. The molecule has 1 aliphatic rings. The third-order valence-electron chi connectivity index (χ3n) is 4.24. The molecule has 1 aromatic carbocycles. The molecule has 2 N–H and O–H groups in total. The molecule has 0 saturated carbocycles. The Balaban J connectivity index is 1.57. The van der Waals surface area contributed by atoms with Crippen molar-refractivity contribution in [1.82, 2.24) is 15.5 Å². The van der Waals surface area contributed by atoms with Gasteiger partial charge in [0, 0.05) is 19.6 Å². The number of carbonyl (C=O) groups excluding carboxylic acids is 2. The monoisotopic (exact) mass is 357 g/mol. The van der Waals surface area contributed by atoms with E-state index in [0.717, 1.165) is 18.7 Å². The maximum Gasteiger partial charge on any atom is 0.287 e. The average Bonchev–Trinajstić information content (AvgIpc) is 3.22. The van der Waals surface area contributed by atoms with Crippen LogP contribution >= 0.6 is 0 Å². The Bertz CT molecular complexity index is 697. The van der Waals surface area contributed by atoms with Crippen LogP contribution in [0.25, 0.3) is 0 Å². The van der Waals surface area contributed by atoms with Crippen molar-refractivity contribution in [2.24, 2.45) is 0 Å². The molecule has 0 aliphatic carbocycles. The van der Waals surface area contributed by atoms with Crippen molar-refractivity contribution >= 4 is 11.8 Å². The van der Waals surface area contributed by atoms with Gasteiger partial charge in [-0.2, -0.15) is 0 Å². The van der Waals surface area contributed by atoms with Crippen LogP contribution in [0.2, 0.25) is 0 Å². The van der Waals surface area contributed by atoms with E-state index < -0.39 is 5.91 Å². The lowest BCUT2D eigenvalue weighted by Gasteiger charge is -2.31. The standard InChI is InChI=1S/C19H23N3O4/c23-18(13-20-19(24)17-7-4-10-26-17)21-16(15-5-2-1-3-6-15)14-22-8-11-25-12-9-22/h1-7,10,16H,8-9,11-14H2,(H,20,24)(H,21,23)/t16-/m0/s1. The number of rotatable bonds is 7. The van der Waals surface area contributed by atoms with Crippen molar-refractivity contribution in [2.75, 3.05) is 39.4 Å². The zero-order valence-electron chi connectivity index (χ0n) is 14.5. The first-order chi connectivity index (χ1) is 12.7. The molecule has 7 nitrogen and oxygen atoms in total. The molecular formula is C19H23N3O4. The molecule has 1 aromatic heterocycles. The number of hydrogen-bond donors (Lipinski definition) is 2. The molecule has 2 amide bonds. The predicted octanol–water partition coefficient (Wildman–Crippen LogP) is 1.20. The number of amides is 2. The molecule has 1 aliphatic heterocycles. The molecule has 0 radical (unpaired) electrons. The second kappa shape index (κ2) is 9.17. The SMILES string of the molecule is O=C(CNC(=O)c1ccco1)N[C@@H](CN1CCOCC1)c1ccccc1. The summed E-state index contributed by atoms with van der Waals surface area (Å²) in [5.74, 6) is -0.465. The van der Waals surface area contributed by atoms with Crippen LogP contribution in [-0.2, 0) is 9.53 Å². The van der Waals surface area contributed by atoms with E-state index in [4.69, 9.17) is 9.15 Å². The van der Waals surface area contributed by atoms with E-state index in [9.17, 15) is 9.59 Å². The highest BCUT2D eigenvalue weighted by Gasteiger charge is 2.20. The smallest absolute Gasteiger partial charge is 0.287 e. The number of carbonyl (C=O) groups is 2. The summed E-state index contributed by atoms with van der Waals surface area (Å²) < 4.78 is 10.4. The Morgan fingerprint density at radius 2 is 1.85 bits per heavy atom. The van der Waals surface area contributed by atoms with Crippen LogP contribution in [0.5, 0.6) is 0 Å². The van der Waals surface area contributed by atoms with E-state index in [1.54, 1.807) is 12.1 Å². The highest BCUT2D eigenvalue weighted by Crippen LogP contribution is 2.15. The Morgan fingerprint density at radius 1 is 1.08 bits per heavy atom. The summed E-state index contributed by atoms with van der Waals surface area (Å²) in [7, 11) is 0. The van der Waals surface area contributed by atoms with Gasteiger partial charge < -0.3 is 19.8 Å². The lowest BCUT2D eigenvalue weighted by Crippen LogP contribution is -2.45. The van der Waals surface area contributed by atoms with Crippen molar-refractivity contribution in [3.05, 3.63) is 60.1 Å². The van der Waals surface area contributed by atoms with Crippen LogP contribution in [0.15, 0.2) is 53.1 Å². The molecule has 2 heterocycles. The van der Waals surface area contributed by atoms with Gasteiger partial charge in [-0.1, -0.05) is 30.3 Å². The Hall–Kier alpha value is -2.64. The topological polar surface area (TPSA) is 83.8 Å². The first kappa shape index (κ1) is 18.2. The minimum absolute atomic E-state index is 0.105. The summed E-state index contributed by atoms with van der Waals surface area (Å²) >= 11 is 0. The average molecular weight is 357 g/mol. The van der Waals surface area contributed by atoms with Crippen LogP contribution < -0.4 is 10.6 Å². The van der Waals surface area contributed by atoms with Crippen molar-refractivity contribution in [3.63, 3.8) is 0 Å². The summed E-state index contributed by atoms with van der Waals surface area (Å²) in [6, 6.07) is 12.9. The number of ether oxygens (including phenoxy) is 1. The third-order valence-corrected chi connectivity index (χ3v) is 4.24. The fraction of sp³-hybridized carbons (Fsp3) is 0.368. The van der Waals surface area contributed by atoms with Crippen LogP contribution in [-0.4, -0.2) is 56.1 Å². The molecule has 0 bridgehead atoms. The van der Waals surface area contributed by atoms with Crippen LogP contribution in [0.1, 0.15) is 22.2 Å². The number of nitrogens with zero attached hydrogens (tertiary/aromatic N) is 1. The number of morpholine rings is 1. The van der Waals surface area contributed by atoms with Gasteiger partial charge in [0.1, 0.15) is 0 Å². The molecule has 0 unspecified atom stereocenters. The molecule has 0 spiro atoms. The first-order valence-corrected chi connectivity index (χ1v) is 8.68. The molecule has 1 fully saturated rings. The second-order valence-electron chi connectivity index (χ2n) is 6.10. The molecule has 1 saturated heterocycles. The molecule has 7 heteroatoms. The van der Waals surface area contributed by atoms with Gasteiger partial charge in [-0.05, 0) is 17.7 Å². The first-order valence-electron chi connectivity index (χ1n) is 8.68. The maximum atomic E-state index is 12.3. The number of nitrogens with one attached hydrogen (secondary N) is 2. The fourth-order valence-electron chi connectivity index (χ4n) is 2.86. The fourth-order valence-corrected chi connectivity index (χ4v) is 2.86. The van der Waals surface area contributed by atoms with Crippen LogP contribution in [0.4, 0.5) is 0 Å². The molecule has 2 aromatic rings. The summed E-state index contributed by atoms with van der Waals surface area (Å²) in [5, 5.41) is 5.58. The maximum absolute atomic E-state index is 12.3. The van der Waals surface area contributed by atoms with E-state index >= 15 is 0 Å². The number of benzene rings is 1. The lowest BCUT2D eigenvalue weighted by atomic mass is 10.1. The van der Waals surface area contributed by atoms with Gasteiger partial charge in [-0.25, -0.2) is 0 Å². The highest BCUT2D eigenvalue weighted by molar-refractivity contribution is 5.94.